The highest BCUT2D eigenvalue weighted by molar-refractivity contribution is 5.58. The molecular formula is C17H20FN3O2. The van der Waals surface area contributed by atoms with Gasteiger partial charge in [0.1, 0.15) is 18.7 Å². The van der Waals surface area contributed by atoms with Gasteiger partial charge in [0.05, 0.1) is 11.8 Å². The molecule has 1 N–H and O–H groups in total. The zero-order chi connectivity index (χ0) is 16.1. The van der Waals surface area contributed by atoms with Gasteiger partial charge in [-0.1, -0.05) is 13.0 Å². The van der Waals surface area contributed by atoms with E-state index in [-0.39, 0.29) is 11.9 Å². The molecule has 0 bridgehead atoms. The smallest absolute Gasteiger partial charge is 0.187 e. The third-order valence-corrected chi connectivity index (χ3v) is 3.75. The molecular weight excluding hydrogens is 297 g/mol. The lowest BCUT2D eigenvalue weighted by Crippen LogP contribution is -2.16. The molecule has 1 saturated heterocycles. The van der Waals surface area contributed by atoms with Crippen LogP contribution in [-0.2, 0) is 11.2 Å². The molecule has 2 aromatic rings. The zero-order valence-corrected chi connectivity index (χ0v) is 13.1. The Morgan fingerprint density at radius 1 is 1.39 bits per heavy atom. The summed E-state index contributed by atoms with van der Waals surface area (Å²) in [5.74, 6) is 0.476. The largest absolute Gasteiger partial charge is 0.491 e. The van der Waals surface area contributed by atoms with Crippen molar-refractivity contribution in [3.05, 3.63) is 42.1 Å². The highest BCUT2D eigenvalue weighted by atomic mass is 19.1. The Hall–Kier alpha value is -2.21. The molecule has 1 aromatic carbocycles. The lowest BCUT2D eigenvalue weighted by atomic mass is 10.2. The third-order valence-electron chi connectivity index (χ3n) is 3.75. The Bertz CT molecular complexity index is 660. The molecule has 2 heterocycles. The van der Waals surface area contributed by atoms with Crippen LogP contribution in [0.5, 0.6) is 5.75 Å². The third kappa shape index (κ3) is 3.96. The van der Waals surface area contributed by atoms with Crippen molar-refractivity contribution in [3.63, 3.8) is 0 Å². The van der Waals surface area contributed by atoms with E-state index < -0.39 is 5.82 Å². The summed E-state index contributed by atoms with van der Waals surface area (Å²) in [5, 5.41) is 2.98. The first kappa shape index (κ1) is 15.7. The zero-order valence-electron chi connectivity index (χ0n) is 13.1. The van der Waals surface area contributed by atoms with Crippen molar-refractivity contribution in [2.75, 3.05) is 18.5 Å². The van der Waals surface area contributed by atoms with Crippen molar-refractivity contribution < 1.29 is 13.9 Å². The molecule has 1 aliphatic rings. The number of hydrogen-bond donors (Lipinski definition) is 1. The summed E-state index contributed by atoms with van der Waals surface area (Å²) < 4.78 is 25.5. The van der Waals surface area contributed by atoms with Crippen LogP contribution in [0.3, 0.4) is 0 Å². The van der Waals surface area contributed by atoms with Gasteiger partial charge in [0.25, 0.3) is 0 Å². The number of nitrogens with zero attached hydrogens (tertiary/aromatic N) is 2. The van der Waals surface area contributed by atoms with Crippen molar-refractivity contribution >= 4 is 11.5 Å². The summed E-state index contributed by atoms with van der Waals surface area (Å²) in [7, 11) is 0. The minimum absolute atomic E-state index is 0.165. The molecule has 6 heteroatoms. The molecule has 1 aliphatic heterocycles. The minimum Gasteiger partial charge on any atom is -0.491 e. The Morgan fingerprint density at radius 3 is 3.09 bits per heavy atom. The van der Waals surface area contributed by atoms with E-state index >= 15 is 0 Å². The Morgan fingerprint density at radius 2 is 2.30 bits per heavy atom. The van der Waals surface area contributed by atoms with Crippen LogP contribution in [0.1, 0.15) is 25.5 Å². The maximum absolute atomic E-state index is 14.2. The first-order chi connectivity index (χ1) is 11.3. The quantitative estimate of drug-likeness (QED) is 0.884. The van der Waals surface area contributed by atoms with E-state index in [1.807, 2.05) is 31.2 Å². The molecule has 1 atom stereocenters. The standard InChI is InChI=1S/C17H20FN3O2/c1-2-15-16(18)17(20-11-19-15)21-12-5-3-6-13(9-12)23-10-14-7-4-8-22-14/h3,5-6,9,11,14H,2,4,7-8,10H2,1H3,(H,19,20,21). The average molecular weight is 317 g/mol. The number of benzene rings is 1. The first-order valence-corrected chi connectivity index (χ1v) is 7.87. The molecule has 23 heavy (non-hydrogen) atoms. The normalized spacial score (nSPS) is 17.2. The van der Waals surface area contributed by atoms with Gasteiger partial charge in [-0.25, -0.2) is 14.4 Å². The molecule has 0 spiro atoms. The van der Waals surface area contributed by atoms with E-state index in [1.54, 1.807) is 0 Å². The van der Waals surface area contributed by atoms with Crippen LogP contribution in [0, 0.1) is 5.82 Å². The van der Waals surface area contributed by atoms with Crippen LogP contribution >= 0.6 is 0 Å². The predicted molar refractivity (Wildman–Crippen MR) is 85.6 cm³/mol. The summed E-state index contributed by atoms with van der Waals surface area (Å²) in [6.45, 7) is 3.20. The van der Waals surface area contributed by atoms with E-state index in [4.69, 9.17) is 9.47 Å². The number of hydrogen-bond acceptors (Lipinski definition) is 5. The number of aryl methyl sites for hydroxylation is 1. The second kappa shape index (κ2) is 7.37. The van der Waals surface area contributed by atoms with Gasteiger partial charge in [0, 0.05) is 18.4 Å². The van der Waals surface area contributed by atoms with Crippen LogP contribution < -0.4 is 10.1 Å². The Kier molecular flexibility index (Phi) is 5.02. The van der Waals surface area contributed by atoms with Crippen LogP contribution in [0.25, 0.3) is 0 Å². The first-order valence-electron chi connectivity index (χ1n) is 7.87. The minimum atomic E-state index is -0.416. The number of halogens is 1. The van der Waals surface area contributed by atoms with Gasteiger partial charge in [-0.15, -0.1) is 0 Å². The second-order valence-corrected chi connectivity index (χ2v) is 5.44. The Labute approximate surface area is 134 Å². The SMILES string of the molecule is CCc1ncnc(Nc2cccc(OCC3CCCO3)c2)c1F. The van der Waals surface area contributed by atoms with E-state index in [2.05, 4.69) is 15.3 Å². The summed E-state index contributed by atoms with van der Waals surface area (Å²) in [4.78, 5) is 7.89. The number of anilines is 2. The van der Waals surface area contributed by atoms with Crippen molar-refractivity contribution in [1.29, 1.82) is 0 Å². The van der Waals surface area contributed by atoms with Gasteiger partial charge < -0.3 is 14.8 Å². The maximum Gasteiger partial charge on any atom is 0.187 e. The molecule has 1 unspecified atom stereocenters. The molecule has 122 valence electrons. The second-order valence-electron chi connectivity index (χ2n) is 5.44. The molecule has 0 aliphatic carbocycles. The van der Waals surface area contributed by atoms with Gasteiger partial charge in [0.2, 0.25) is 0 Å². The molecule has 0 amide bonds. The summed E-state index contributed by atoms with van der Waals surface area (Å²) >= 11 is 0. The number of nitrogens with one attached hydrogen (secondary N) is 1. The molecule has 0 saturated carbocycles. The van der Waals surface area contributed by atoms with Crippen LogP contribution in [0.4, 0.5) is 15.9 Å². The number of ether oxygens (including phenoxy) is 2. The highest BCUT2D eigenvalue weighted by Crippen LogP contribution is 2.23. The predicted octanol–water partition coefficient (Wildman–Crippen LogP) is 3.48. The molecule has 5 nitrogen and oxygen atoms in total. The van der Waals surface area contributed by atoms with Crippen molar-refractivity contribution in [3.8, 4) is 5.75 Å². The molecule has 1 fully saturated rings. The van der Waals surface area contributed by atoms with Gasteiger partial charge in [-0.05, 0) is 31.4 Å². The van der Waals surface area contributed by atoms with E-state index in [1.165, 1.54) is 6.33 Å². The summed E-state index contributed by atoms with van der Waals surface area (Å²) in [5.41, 5.74) is 1.11. The van der Waals surface area contributed by atoms with Gasteiger partial charge >= 0.3 is 0 Å². The van der Waals surface area contributed by atoms with E-state index in [0.717, 1.165) is 30.9 Å². The van der Waals surface area contributed by atoms with Crippen LogP contribution in [0.2, 0.25) is 0 Å². The van der Waals surface area contributed by atoms with Crippen LogP contribution in [0.15, 0.2) is 30.6 Å². The molecule has 3 rings (SSSR count). The van der Waals surface area contributed by atoms with Gasteiger partial charge in [-0.2, -0.15) is 0 Å². The van der Waals surface area contributed by atoms with Crippen LogP contribution in [-0.4, -0.2) is 29.3 Å². The molecule has 0 radical (unpaired) electrons. The van der Waals surface area contributed by atoms with Crippen molar-refractivity contribution in [2.45, 2.75) is 32.3 Å². The fourth-order valence-electron chi connectivity index (χ4n) is 2.51. The highest BCUT2D eigenvalue weighted by Gasteiger charge is 2.16. The van der Waals surface area contributed by atoms with Gasteiger partial charge in [0.15, 0.2) is 11.6 Å². The summed E-state index contributed by atoms with van der Waals surface area (Å²) in [6.07, 6.45) is 4.17. The average Bonchev–Trinajstić information content (AvgIpc) is 3.09. The van der Waals surface area contributed by atoms with Crippen molar-refractivity contribution in [2.24, 2.45) is 0 Å². The number of rotatable bonds is 6. The Balaban J connectivity index is 1.67. The number of aromatic nitrogens is 2. The lowest BCUT2D eigenvalue weighted by Gasteiger charge is -2.13. The fraction of sp³-hybridized carbons (Fsp3) is 0.412. The monoisotopic (exact) mass is 317 g/mol. The van der Waals surface area contributed by atoms with Crippen molar-refractivity contribution in [1.82, 2.24) is 9.97 Å². The topological polar surface area (TPSA) is 56.3 Å². The van der Waals surface area contributed by atoms with E-state index in [0.29, 0.717) is 18.7 Å². The lowest BCUT2D eigenvalue weighted by molar-refractivity contribution is 0.0680. The summed E-state index contributed by atoms with van der Waals surface area (Å²) in [6, 6.07) is 7.38. The fourth-order valence-corrected chi connectivity index (χ4v) is 2.51. The van der Waals surface area contributed by atoms with E-state index in [9.17, 15) is 4.39 Å². The van der Waals surface area contributed by atoms with Gasteiger partial charge in [-0.3, -0.25) is 0 Å². The molecule has 1 aromatic heterocycles. The maximum atomic E-state index is 14.2.